The number of para-hydroxylation sites is 1. The van der Waals surface area contributed by atoms with Crippen molar-refractivity contribution in [2.45, 2.75) is 6.92 Å². The topological polar surface area (TPSA) is 78.7 Å². The number of nitrogens with zero attached hydrogens (tertiary/aromatic N) is 6. The van der Waals surface area contributed by atoms with Crippen molar-refractivity contribution in [2.75, 3.05) is 36.4 Å². The number of rotatable bonds is 4. The molecule has 8 heteroatoms. The molecule has 156 valence electrons. The summed E-state index contributed by atoms with van der Waals surface area (Å²) in [5, 5.41) is 7.54. The van der Waals surface area contributed by atoms with E-state index >= 15 is 0 Å². The number of fused-ring (bicyclic) bond motifs is 1. The van der Waals surface area contributed by atoms with Gasteiger partial charge in [0.05, 0.1) is 0 Å². The van der Waals surface area contributed by atoms with Crippen molar-refractivity contribution in [3.8, 4) is 0 Å². The Morgan fingerprint density at radius 3 is 2.45 bits per heavy atom. The van der Waals surface area contributed by atoms with E-state index in [0.29, 0.717) is 24.4 Å². The predicted molar refractivity (Wildman–Crippen MR) is 120 cm³/mol. The van der Waals surface area contributed by atoms with Crippen LogP contribution < -0.4 is 10.2 Å². The van der Waals surface area contributed by atoms with Gasteiger partial charge in [0.1, 0.15) is 12.1 Å². The Labute approximate surface area is 180 Å². The van der Waals surface area contributed by atoms with Crippen LogP contribution in [-0.2, 0) is 0 Å². The molecule has 2 aromatic carbocycles. The molecule has 0 atom stereocenters. The minimum atomic E-state index is 0.0673. The molecule has 3 heterocycles. The van der Waals surface area contributed by atoms with E-state index in [2.05, 4.69) is 37.4 Å². The maximum absolute atomic E-state index is 13.0. The Morgan fingerprint density at radius 1 is 0.968 bits per heavy atom. The fraction of sp³-hybridized carbons (Fsp3) is 0.217. The molecule has 0 saturated carbocycles. The van der Waals surface area contributed by atoms with Gasteiger partial charge in [-0.25, -0.2) is 4.98 Å². The van der Waals surface area contributed by atoms with Crippen LogP contribution in [0.5, 0.6) is 0 Å². The normalized spacial score (nSPS) is 14.1. The summed E-state index contributed by atoms with van der Waals surface area (Å²) in [5.41, 5.74) is 3.62. The van der Waals surface area contributed by atoms with E-state index < -0.39 is 0 Å². The van der Waals surface area contributed by atoms with Gasteiger partial charge in [-0.1, -0.05) is 18.2 Å². The van der Waals surface area contributed by atoms with Crippen molar-refractivity contribution in [3.63, 3.8) is 0 Å². The molecule has 2 aromatic heterocycles. The quantitative estimate of drug-likeness (QED) is 0.554. The number of benzene rings is 2. The summed E-state index contributed by atoms with van der Waals surface area (Å²) in [6, 6.07) is 19.8. The summed E-state index contributed by atoms with van der Waals surface area (Å²) in [6.07, 6.45) is 1.48. The first kappa shape index (κ1) is 19.0. The highest BCUT2D eigenvalue weighted by atomic mass is 16.2. The highest BCUT2D eigenvalue weighted by molar-refractivity contribution is 5.94. The molecular formula is C23H23N7O. The van der Waals surface area contributed by atoms with Gasteiger partial charge in [0.2, 0.25) is 0 Å². The second-order valence-electron chi connectivity index (χ2n) is 7.57. The van der Waals surface area contributed by atoms with E-state index in [9.17, 15) is 4.79 Å². The zero-order valence-corrected chi connectivity index (χ0v) is 17.3. The van der Waals surface area contributed by atoms with Crippen molar-refractivity contribution >= 4 is 28.9 Å². The summed E-state index contributed by atoms with van der Waals surface area (Å²) in [5.74, 6) is 1.39. The van der Waals surface area contributed by atoms with E-state index in [1.165, 1.54) is 12.0 Å². The van der Waals surface area contributed by atoms with Gasteiger partial charge in [0.25, 0.3) is 11.7 Å². The number of anilines is 3. The zero-order chi connectivity index (χ0) is 21.2. The maximum atomic E-state index is 13.0. The van der Waals surface area contributed by atoms with Gasteiger partial charge in [-0.3, -0.25) is 4.79 Å². The fourth-order valence-corrected chi connectivity index (χ4v) is 3.85. The minimum Gasteiger partial charge on any atom is -0.368 e. The first-order valence-corrected chi connectivity index (χ1v) is 10.3. The van der Waals surface area contributed by atoms with Crippen LogP contribution in [0.15, 0.2) is 67.0 Å². The van der Waals surface area contributed by atoms with Gasteiger partial charge in [0.15, 0.2) is 0 Å². The first-order chi connectivity index (χ1) is 15.2. The molecule has 1 amide bonds. The van der Waals surface area contributed by atoms with Gasteiger partial charge < -0.3 is 15.1 Å². The molecule has 1 aliphatic rings. The number of carbonyl (C=O) groups excluding carboxylic acids is 1. The van der Waals surface area contributed by atoms with Crippen molar-refractivity contribution < 1.29 is 4.79 Å². The highest BCUT2D eigenvalue weighted by Crippen LogP contribution is 2.20. The number of amides is 1. The van der Waals surface area contributed by atoms with Gasteiger partial charge >= 0.3 is 0 Å². The zero-order valence-electron chi connectivity index (χ0n) is 17.3. The Bertz CT molecular complexity index is 1200. The lowest BCUT2D eigenvalue weighted by molar-refractivity contribution is 0.0747. The maximum Gasteiger partial charge on any atom is 0.254 e. The van der Waals surface area contributed by atoms with Crippen molar-refractivity contribution in [3.05, 3.63) is 78.2 Å². The number of carbonyl (C=O) groups is 1. The average molecular weight is 413 g/mol. The molecule has 0 bridgehead atoms. The summed E-state index contributed by atoms with van der Waals surface area (Å²) in [7, 11) is 0. The molecule has 0 radical (unpaired) electrons. The van der Waals surface area contributed by atoms with E-state index in [1.807, 2.05) is 60.4 Å². The lowest BCUT2D eigenvalue weighted by Crippen LogP contribution is -2.48. The van der Waals surface area contributed by atoms with Gasteiger partial charge in [-0.05, 0) is 43.3 Å². The van der Waals surface area contributed by atoms with Crippen molar-refractivity contribution in [1.29, 1.82) is 0 Å². The number of nitrogens with one attached hydrogen (secondary N) is 1. The third kappa shape index (κ3) is 3.92. The molecule has 1 aliphatic heterocycles. The average Bonchev–Trinajstić information content (AvgIpc) is 3.28. The second kappa shape index (κ2) is 8.06. The van der Waals surface area contributed by atoms with Crippen LogP contribution in [0.3, 0.4) is 0 Å². The number of aryl methyl sites for hydroxylation is 1. The van der Waals surface area contributed by atoms with Crippen LogP contribution in [-0.4, -0.2) is 56.6 Å². The molecular weight excluding hydrogens is 390 g/mol. The lowest BCUT2D eigenvalue weighted by Gasteiger charge is -2.36. The molecule has 1 N–H and O–H groups in total. The van der Waals surface area contributed by atoms with Gasteiger partial charge in [-0.2, -0.15) is 14.6 Å². The Hall–Kier alpha value is -3.94. The minimum absolute atomic E-state index is 0.0673. The van der Waals surface area contributed by atoms with Crippen LogP contribution >= 0.6 is 0 Å². The van der Waals surface area contributed by atoms with E-state index in [4.69, 9.17) is 0 Å². The van der Waals surface area contributed by atoms with E-state index in [-0.39, 0.29) is 5.91 Å². The molecule has 31 heavy (non-hydrogen) atoms. The standard InChI is InChI=1S/C23H23N7O/c1-17-15-21(30-23(26-17)24-16-25-30)27-19-9-7-18(8-10-19)22(31)29-13-11-28(12-14-29)20-5-3-2-4-6-20/h2-10,15-16,27H,11-14H2,1H3. The lowest BCUT2D eigenvalue weighted by atomic mass is 10.1. The van der Waals surface area contributed by atoms with Crippen molar-refractivity contribution in [1.82, 2.24) is 24.5 Å². The third-order valence-electron chi connectivity index (χ3n) is 5.47. The van der Waals surface area contributed by atoms with Crippen molar-refractivity contribution in [2.24, 2.45) is 0 Å². The van der Waals surface area contributed by atoms with Crippen LogP contribution in [0, 0.1) is 6.92 Å². The molecule has 0 unspecified atom stereocenters. The first-order valence-electron chi connectivity index (χ1n) is 10.3. The molecule has 8 nitrogen and oxygen atoms in total. The summed E-state index contributed by atoms with van der Waals surface area (Å²) in [4.78, 5) is 25.7. The molecule has 5 rings (SSSR count). The monoisotopic (exact) mass is 413 g/mol. The van der Waals surface area contributed by atoms with Gasteiger partial charge in [0, 0.05) is 54.9 Å². The Balaban J connectivity index is 1.25. The Morgan fingerprint density at radius 2 is 1.71 bits per heavy atom. The predicted octanol–water partition coefficient (Wildman–Crippen LogP) is 3.14. The third-order valence-corrected chi connectivity index (χ3v) is 5.47. The summed E-state index contributed by atoms with van der Waals surface area (Å²) in [6.45, 7) is 5.02. The molecule has 0 aliphatic carbocycles. The summed E-state index contributed by atoms with van der Waals surface area (Å²) >= 11 is 0. The van der Waals surface area contributed by atoms with Crippen LogP contribution in [0.4, 0.5) is 17.2 Å². The van der Waals surface area contributed by atoms with Gasteiger partial charge in [-0.15, -0.1) is 0 Å². The molecule has 4 aromatic rings. The number of hydrogen-bond acceptors (Lipinski definition) is 6. The van der Waals surface area contributed by atoms with Crippen LogP contribution in [0.1, 0.15) is 16.1 Å². The van der Waals surface area contributed by atoms with E-state index in [1.54, 1.807) is 4.52 Å². The SMILES string of the molecule is Cc1cc(Nc2ccc(C(=O)N3CCN(c4ccccc4)CC3)cc2)n2ncnc2n1. The number of hydrogen-bond donors (Lipinski definition) is 1. The largest absolute Gasteiger partial charge is 0.368 e. The molecule has 1 fully saturated rings. The molecule has 1 saturated heterocycles. The molecule has 0 spiro atoms. The fourth-order valence-electron chi connectivity index (χ4n) is 3.85. The Kier molecular flexibility index (Phi) is 4.95. The number of aromatic nitrogens is 4. The summed E-state index contributed by atoms with van der Waals surface area (Å²) < 4.78 is 1.65. The van der Waals surface area contributed by atoms with E-state index in [0.717, 1.165) is 30.3 Å². The smallest absolute Gasteiger partial charge is 0.254 e. The second-order valence-corrected chi connectivity index (χ2v) is 7.57. The van der Waals surface area contributed by atoms with Crippen LogP contribution in [0.25, 0.3) is 5.78 Å². The van der Waals surface area contributed by atoms with Crippen LogP contribution in [0.2, 0.25) is 0 Å². The number of piperazine rings is 1. The highest BCUT2D eigenvalue weighted by Gasteiger charge is 2.22.